The number of carboxylic acids is 1. The van der Waals surface area contributed by atoms with Crippen LogP contribution < -0.4 is 9.47 Å². The number of ether oxygens (including phenoxy) is 3. The fourth-order valence-corrected chi connectivity index (χ4v) is 4.18. The van der Waals surface area contributed by atoms with Crippen LogP contribution in [0.1, 0.15) is 56.1 Å². The van der Waals surface area contributed by atoms with Crippen molar-refractivity contribution < 1.29 is 38.0 Å². The largest absolute Gasteiger partial charge is 0.486 e. The second-order valence-corrected chi connectivity index (χ2v) is 9.67. The third-order valence-electron chi connectivity index (χ3n) is 5.86. The lowest BCUT2D eigenvalue weighted by Crippen LogP contribution is -2.21. The number of nitrogens with zero attached hydrogens (tertiary/aromatic N) is 1. The lowest BCUT2D eigenvalue weighted by Gasteiger charge is -2.32. The van der Waals surface area contributed by atoms with Crippen LogP contribution in [0.5, 0.6) is 11.6 Å². The molecule has 0 aliphatic heterocycles. The minimum absolute atomic E-state index is 0.0363. The third kappa shape index (κ3) is 6.61. The molecule has 0 unspecified atom stereocenters. The summed E-state index contributed by atoms with van der Waals surface area (Å²) < 4.78 is 46.5. The van der Waals surface area contributed by atoms with E-state index in [2.05, 4.69) is 4.98 Å². The number of pyridine rings is 1. The summed E-state index contributed by atoms with van der Waals surface area (Å²) >= 11 is 0. The van der Waals surface area contributed by atoms with Crippen LogP contribution in [0.15, 0.2) is 48.7 Å². The highest BCUT2D eigenvalue weighted by Gasteiger charge is 2.30. The van der Waals surface area contributed by atoms with Gasteiger partial charge in [0, 0.05) is 24.3 Å². The molecule has 0 saturated heterocycles. The van der Waals surface area contributed by atoms with E-state index in [9.17, 15) is 18.7 Å². The quantitative estimate of drug-likeness (QED) is 0.349. The molecular weight excluding hydrogens is 484 g/mol. The SMILES string of the molecule is COc1cc(-c2ccc(COc3cccc([C@H](O)CC(=O)O)c3F)cc2[C@H](OC)C(C)(C)C)c(F)cn1. The van der Waals surface area contributed by atoms with E-state index in [1.54, 1.807) is 19.2 Å². The molecule has 3 rings (SSSR count). The van der Waals surface area contributed by atoms with Crippen LogP contribution in [0.4, 0.5) is 8.78 Å². The van der Waals surface area contributed by atoms with Crippen molar-refractivity contribution in [2.24, 2.45) is 5.41 Å². The predicted octanol–water partition coefficient (Wildman–Crippen LogP) is 5.86. The van der Waals surface area contributed by atoms with Crippen LogP contribution in [0.3, 0.4) is 0 Å². The standard InChI is InChI=1S/C28H31F2NO6/c1-28(2,3)27(36-5)20-11-16(9-10-17(20)19-12-24(35-4)31-14-21(19)29)15-37-23-8-6-7-18(26(23)30)22(32)13-25(33)34/h6-12,14,22,27,32H,13,15H2,1-5H3,(H,33,34)/t22-,27+/m1/s1. The van der Waals surface area contributed by atoms with Crippen molar-refractivity contribution in [2.45, 2.75) is 46.0 Å². The second-order valence-electron chi connectivity index (χ2n) is 9.67. The van der Waals surface area contributed by atoms with E-state index in [0.29, 0.717) is 22.3 Å². The van der Waals surface area contributed by atoms with Crippen LogP contribution in [0.2, 0.25) is 0 Å². The molecule has 0 radical (unpaired) electrons. The second kappa shape index (κ2) is 11.7. The molecule has 0 amide bonds. The van der Waals surface area contributed by atoms with Gasteiger partial charge in [0.1, 0.15) is 12.4 Å². The summed E-state index contributed by atoms with van der Waals surface area (Å²) in [5, 5.41) is 18.9. The maximum absolute atomic E-state index is 14.9. The number of aliphatic carboxylic acids is 1. The van der Waals surface area contributed by atoms with Gasteiger partial charge in [-0.1, -0.05) is 45.0 Å². The van der Waals surface area contributed by atoms with Crippen molar-refractivity contribution in [3.05, 3.63) is 77.0 Å². The molecule has 3 aromatic rings. The topological polar surface area (TPSA) is 98.1 Å². The van der Waals surface area contributed by atoms with Crippen molar-refractivity contribution in [3.8, 4) is 22.8 Å². The zero-order valence-electron chi connectivity index (χ0n) is 21.4. The summed E-state index contributed by atoms with van der Waals surface area (Å²) in [6.07, 6.45) is -1.46. The highest BCUT2D eigenvalue weighted by atomic mass is 19.1. The van der Waals surface area contributed by atoms with E-state index in [-0.39, 0.29) is 29.2 Å². The van der Waals surface area contributed by atoms with Crippen LogP contribution >= 0.6 is 0 Å². The normalized spacial score (nSPS) is 13.2. The summed E-state index contributed by atoms with van der Waals surface area (Å²) in [7, 11) is 3.03. The molecule has 37 heavy (non-hydrogen) atoms. The summed E-state index contributed by atoms with van der Waals surface area (Å²) in [6.45, 7) is 5.97. The van der Waals surface area contributed by atoms with Gasteiger partial charge in [0.15, 0.2) is 11.6 Å². The van der Waals surface area contributed by atoms with Gasteiger partial charge in [0.25, 0.3) is 0 Å². The predicted molar refractivity (Wildman–Crippen MR) is 133 cm³/mol. The van der Waals surface area contributed by atoms with Crippen LogP contribution in [-0.4, -0.2) is 35.4 Å². The minimum atomic E-state index is -1.51. The lowest BCUT2D eigenvalue weighted by molar-refractivity contribution is -0.139. The van der Waals surface area contributed by atoms with E-state index in [0.717, 1.165) is 6.20 Å². The summed E-state index contributed by atoms with van der Waals surface area (Å²) in [5.74, 6) is -2.46. The van der Waals surface area contributed by atoms with E-state index < -0.39 is 36.2 Å². The molecular formula is C28H31F2NO6. The van der Waals surface area contributed by atoms with Gasteiger partial charge >= 0.3 is 5.97 Å². The maximum Gasteiger partial charge on any atom is 0.306 e. The van der Waals surface area contributed by atoms with E-state index >= 15 is 0 Å². The number of rotatable bonds is 10. The van der Waals surface area contributed by atoms with Crippen LogP contribution in [0.25, 0.3) is 11.1 Å². The highest BCUT2D eigenvalue weighted by Crippen LogP contribution is 2.42. The molecule has 0 spiro atoms. The number of aliphatic hydroxyl groups is 1. The smallest absolute Gasteiger partial charge is 0.306 e. The molecule has 1 aromatic heterocycles. The molecule has 2 N–H and O–H groups in total. The van der Waals surface area contributed by atoms with Crippen molar-refractivity contribution in [1.29, 1.82) is 0 Å². The number of aromatic nitrogens is 1. The number of carboxylic acid groups (broad SMARTS) is 1. The molecule has 0 saturated carbocycles. The molecule has 9 heteroatoms. The van der Waals surface area contributed by atoms with Crippen molar-refractivity contribution >= 4 is 5.97 Å². The third-order valence-corrected chi connectivity index (χ3v) is 5.86. The Labute approximate surface area is 214 Å². The molecule has 7 nitrogen and oxygen atoms in total. The van der Waals surface area contributed by atoms with E-state index in [4.69, 9.17) is 19.3 Å². The van der Waals surface area contributed by atoms with Gasteiger partial charge in [0.2, 0.25) is 5.88 Å². The van der Waals surface area contributed by atoms with Crippen molar-refractivity contribution in [3.63, 3.8) is 0 Å². The van der Waals surface area contributed by atoms with Crippen molar-refractivity contribution in [2.75, 3.05) is 14.2 Å². The maximum atomic E-state index is 14.9. The zero-order chi connectivity index (χ0) is 27.3. The first-order valence-corrected chi connectivity index (χ1v) is 11.6. The Balaban J connectivity index is 1.99. The Hall–Kier alpha value is -3.56. The van der Waals surface area contributed by atoms with Gasteiger partial charge in [-0.3, -0.25) is 4.79 Å². The average molecular weight is 516 g/mol. The Bertz CT molecular complexity index is 1260. The number of carbonyl (C=O) groups is 1. The van der Waals surface area contributed by atoms with Gasteiger partial charge in [-0.05, 0) is 34.2 Å². The molecule has 0 fully saturated rings. The van der Waals surface area contributed by atoms with E-state index in [1.807, 2.05) is 26.8 Å². The number of methoxy groups -OCH3 is 2. The highest BCUT2D eigenvalue weighted by molar-refractivity contribution is 5.70. The zero-order valence-corrected chi connectivity index (χ0v) is 21.4. The van der Waals surface area contributed by atoms with Gasteiger partial charge in [0.05, 0.1) is 31.9 Å². The fourth-order valence-electron chi connectivity index (χ4n) is 4.18. The Morgan fingerprint density at radius 3 is 2.41 bits per heavy atom. The van der Waals surface area contributed by atoms with Gasteiger partial charge in [-0.15, -0.1) is 0 Å². The monoisotopic (exact) mass is 515 g/mol. The number of hydrogen-bond donors (Lipinski definition) is 2. The molecule has 0 aliphatic carbocycles. The average Bonchev–Trinajstić information content (AvgIpc) is 2.83. The van der Waals surface area contributed by atoms with Gasteiger partial charge < -0.3 is 24.4 Å². The first-order valence-electron chi connectivity index (χ1n) is 11.6. The molecule has 1 heterocycles. The Morgan fingerprint density at radius 2 is 1.78 bits per heavy atom. The van der Waals surface area contributed by atoms with Crippen LogP contribution in [-0.2, 0) is 16.1 Å². The minimum Gasteiger partial charge on any atom is -0.486 e. The molecule has 198 valence electrons. The Morgan fingerprint density at radius 1 is 1.05 bits per heavy atom. The van der Waals surface area contributed by atoms with Crippen LogP contribution in [0, 0.1) is 17.0 Å². The number of benzene rings is 2. The number of hydrogen-bond acceptors (Lipinski definition) is 6. The van der Waals surface area contributed by atoms with Gasteiger partial charge in [-0.25, -0.2) is 13.8 Å². The fraction of sp³-hybridized carbons (Fsp3) is 0.357. The lowest BCUT2D eigenvalue weighted by atomic mass is 9.81. The first-order chi connectivity index (χ1) is 17.5. The molecule has 2 aromatic carbocycles. The summed E-state index contributed by atoms with van der Waals surface area (Å²) in [5.41, 5.74) is 1.75. The molecule has 0 aliphatic rings. The number of halogens is 2. The first kappa shape index (κ1) is 28.0. The van der Waals surface area contributed by atoms with Crippen molar-refractivity contribution in [1.82, 2.24) is 4.98 Å². The summed E-state index contributed by atoms with van der Waals surface area (Å²) in [4.78, 5) is 14.8. The van der Waals surface area contributed by atoms with Gasteiger partial charge in [-0.2, -0.15) is 0 Å². The molecule has 0 bridgehead atoms. The summed E-state index contributed by atoms with van der Waals surface area (Å²) in [6, 6.07) is 11.0. The Kier molecular flexibility index (Phi) is 8.83. The molecule has 2 atom stereocenters. The van der Waals surface area contributed by atoms with E-state index in [1.165, 1.54) is 31.4 Å². The number of aliphatic hydroxyl groups excluding tert-OH is 1.